The highest BCUT2D eigenvalue weighted by atomic mass is 32.2. The first-order valence-electron chi connectivity index (χ1n) is 6.45. The second-order valence-electron chi connectivity index (χ2n) is 5.24. The number of rotatable bonds is 7. The molecule has 116 valence electrons. The third-order valence-corrected chi connectivity index (χ3v) is 4.19. The Balaban J connectivity index is 2.20. The molecule has 1 fully saturated rings. The number of primary amides is 1. The Morgan fingerprint density at radius 1 is 1.38 bits per heavy atom. The summed E-state index contributed by atoms with van der Waals surface area (Å²) in [6, 6.07) is 2.13. The third-order valence-electron chi connectivity index (χ3n) is 3.80. The molecule has 1 atom stereocenters. The summed E-state index contributed by atoms with van der Waals surface area (Å²) in [5.74, 6) is -1.68. The average Bonchev–Trinajstić information content (AvgIpc) is 3.18. The van der Waals surface area contributed by atoms with Crippen LogP contribution in [0.1, 0.15) is 36.8 Å². The first-order chi connectivity index (χ1) is 9.84. The van der Waals surface area contributed by atoms with Gasteiger partial charge in [-0.2, -0.15) is 0 Å². The minimum absolute atomic E-state index is 0.0237. The van der Waals surface area contributed by atoms with Gasteiger partial charge in [-0.25, -0.2) is 17.7 Å². The summed E-state index contributed by atoms with van der Waals surface area (Å²) in [4.78, 5) is 10.9. The minimum atomic E-state index is -2.29. The fourth-order valence-corrected chi connectivity index (χ4v) is 2.72. The average molecular weight is 318 g/mol. The van der Waals surface area contributed by atoms with Gasteiger partial charge in [-0.3, -0.25) is 9.35 Å². The molecule has 0 bridgehead atoms. The largest absolute Gasteiger partial charge is 0.370 e. The van der Waals surface area contributed by atoms with Crippen molar-refractivity contribution in [3.05, 3.63) is 34.9 Å². The van der Waals surface area contributed by atoms with Crippen LogP contribution in [-0.2, 0) is 28.0 Å². The molecule has 5 nitrogen and oxygen atoms in total. The van der Waals surface area contributed by atoms with Gasteiger partial charge in [0.05, 0.1) is 0 Å². The van der Waals surface area contributed by atoms with Crippen molar-refractivity contribution in [2.45, 2.75) is 37.6 Å². The lowest BCUT2D eigenvalue weighted by Crippen LogP contribution is -2.19. The van der Waals surface area contributed by atoms with E-state index in [-0.39, 0.29) is 24.1 Å². The molecule has 1 unspecified atom stereocenters. The summed E-state index contributed by atoms with van der Waals surface area (Å²) in [5.41, 5.74) is 4.81. The molecule has 0 aliphatic heterocycles. The number of nitrogens with one attached hydrogen (secondary N) is 1. The van der Waals surface area contributed by atoms with E-state index in [0.717, 1.165) is 12.1 Å². The maximum absolute atomic E-state index is 14.2. The highest BCUT2D eigenvalue weighted by Crippen LogP contribution is 2.52. The van der Waals surface area contributed by atoms with Crippen LogP contribution in [-0.4, -0.2) is 14.7 Å². The molecular formula is C13H16F2N2O3S. The van der Waals surface area contributed by atoms with E-state index < -0.39 is 34.2 Å². The van der Waals surface area contributed by atoms with E-state index >= 15 is 0 Å². The standard InChI is InChI=1S/C13H16F2N2O3S/c14-10-6-9(13(3-4-13)2-1-12(16)18)11(15)5-8(10)7-17-21(19)20/h5-6,17H,1-4,7H2,(H2,16,18)(H,19,20). The zero-order valence-electron chi connectivity index (χ0n) is 11.2. The van der Waals surface area contributed by atoms with Crippen molar-refractivity contribution in [1.82, 2.24) is 4.72 Å². The van der Waals surface area contributed by atoms with Crippen LogP contribution in [0.15, 0.2) is 12.1 Å². The highest BCUT2D eigenvalue weighted by Gasteiger charge is 2.46. The predicted octanol–water partition coefficient (Wildman–Crippen LogP) is 1.49. The number of hydrogen-bond donors (Lipinski definition) is 3. The molecule has 1 aliphatic carbocycles. The first kappa shape index (κ1) is 16.0. The fraction of sp³-hybridized carbons (Fsp3) is 0.462. The van der Waals surface area contributed by atoms with Crippen molar-refractivity contribution in [2.75, 3.05) is 0 Å². The van der Waals surface area contributed by atoms with Crippen molar-refractivity contribution < 1.29 is 22.3 Å². The van der Waals surface area contributed by atoms with E-state index in [4.69, 9.17) is 10.3 Å². The van der Waals surface area contributed by atoms with Gasteiger partial charge in [-0.05, 0) is 42.4 Å². The highest BCUT2D eigenvalue weighted by molar-refractivity contribution is 7.77. The molecule has 0 heterocycles. The molecule has 21 heavy (non-hydrogen) atoms. The van der Waals surface area contributed by atoms with Crippen molar-refractivity contribution in [1.29, 1.82) is 0 Å². The van der Waals surface area contributed by atoms with Crippen LogP contribution in [0.25, 0.3) is 0 Å². The third kappa shape index (κ3) is 3.84. The van der Waals surface area contributed by atoms with Crippen LogP contribution in [0.4, 0.5) is 8.78 Å². The summed E-state index contributed by atoms with van der Waals surface area (Å²) in [5, 5.41) is 0. The van der Waals surface area contributed by atoms with Crippen LogP contribution in [0.2, 0.25) is 0 Å². The van der Waals surface area contributed by atoms with Gasteiger partial charge in [0.2, 0.25) is 17.2 Å². The van der Waals surface area contributed by atoms with E-state index in [9.17, 15) is 17.8 Å². The zero-order valence-corrected chi connectivity index (χ0v) is 12.0. The van der Waals surface area contributed by atoms with E-state index in [1.807, 2.05) is 0 Å². The normalized spacial score (nSPS) is 17.5. The maximum atomic E-state index is 14.2. The fourth-order valence-electron chi connectivity index (χ4n) is 2.44. The summed E-state index contributed by atoms with van der Waals surface area (Å²) < 4.78 is 49.3. The molecule has 0 spiro atoms. The van der Waals surface area contributed by atoms with Gasteiger partial charge < -0.3 is 5.73 Å². The van der Waals surface area contributed by atoms with Gasteiger partial charge in [-0.15, -0.1) is 0 Å². The van der Waals surface area contributed by atoms with Crippen LogP contribution >= 0.6 is 0 Å². The monoisotopic (exact) mass is 318 g/mol. The quantitative estimate of drug-likeness (QED) is 0.665. The second kappa shape index (κ2) is 6.17. The number of carbonyl (C=O) groups excluding carboxylic acids is 1. The Morgan fingerprint density at radius 3 is 2.57 bits per heavy atom. The number of carbonyl (C=O) groups is 1. The number of amides is 1. The number of benzene rings is 1. The molecule has 8 heteroatoms. The second-order valence-corrected chi connectivity index (χ2v) is 6.03. The van der Waals surface area contributed by atoms with Crippen molar-refractivity contribution in [3.63, 3.8) is 0 Å². The van der Waals surface area contributed by atoms with Gasteiger partial charge in [0.25, 0.3) is 0 Å². The maximum Gasteiger partial charge on any atom is 0.232 e. The summed E-state index contributed by atoms with van der Waals surface area (Å²) >= 11 is -2.29. The molecule has 1 aromatic rings. The Labute approximate surface area is 123 Å². The van der Waals surface area contributed by atoms with Crippen LogP contribution in [0.3, 0.4) is 0 Å². The Kier molecular flexibility index (Phi) is 4.70. The summed E-state index contributed by atoms with van der Waals surface area (Å²) in [6.07, 6.45) is 1.91. The number of hydrogen-bond acceptors (Lipinski definition) is 2. The van der Waals surface area contributed by atoms with Crippen molar-refractivity contribution in [2.24, 2.45) is 5.73 Å². The van der Waals surface area contributed by atoms with Crippen LogP contribution in [0, 0.1) is 11.6 Å². The van der Waals surface area contributed by atoms with E-state index in [1.54, 1.807) is 0 Å². The van der Waals surface area contributed by atoms with Crippen LogP contribution < -0.4 is 10.5 Å². The van der Waals surface area contributed by atoms with Gasteiger partial charge >= 0.3 is 0 Å². The molecule has 1 saturated carbocycles. The smallest absolute Gasteiger partial charge is 0.232 e. The van der Waals surface area contributed by atoms with Gasteiger partial charge in [-0.1, -0.05) is 0 Å². The molecule has 1 amide bonds. The molecular weight excluding hydrogens is 302 g/mol. The van der Waals surface area contributed by atoms with Crippen molar-refractivity contribution >= 4 is 17.2 Å². The molecule has 1 aromatic carbocycles. The first-order valence-corrected chi connectivity index (χ1v) is 7.56. The summed E-state index contributed by atoms with van der Waals surface area (Å²) in [7, 11) is 0. The van der Waals surface area contributed by atoms with Gasteiger partial charge in [0.1, 0.15) is 11.6 Å². The lowest BCUT2D eigenvalue weighted by Gasteiger charge is -2.17. The minimum Gasteiger partial charge on any atom is -0.370 e. The van der Waals surface area contributed by atoms with E-state index in [0.29, 0.717) is 19.3 Å². The molecule has 0 saturated heterocycles. The molecule has 2 rings (SSSR count). The lowest BCUT2D eigenvalue weighted by atomic mass is 9.89. The zero-order chi connectivity index (χ0) is 15.6. The SMILES string of the molecule is NC(=O)CCC1(c2cc(F)c(CNS(=O)O)cc2F)CC1. The predicted molar refractivity (Wildman–Crippen MR) is 73.3 cm³/mol. The topological polar surface area (TPSA) is 92.4 Å². The summed E-state index contributed by atoms with van der Waals surface area (Å²) in [6.45, 7) is -0.250. The Morgan fingerprint density at radius 2 is 2.05 bits per heavy atom. The van der Waals surface area contributed by atoms with E-state index in [2.05, 4.69) is 4.72 Å². The Bertz CT molecular complexity index is 591. The molecule has 0 aromatic heterocycles. The van der Waals surface area contributed by atoms with Gasteiger partial charge in [0, 0.05) is 18.5 Å². The lowest BCUT2D eigenvalue weighted by molar-refractivity contribution is -0.118. The van der Waals surface area contributed by atoms with E-state index in [1.165, 1.54) is 0 Å². The van der Waals surface area contributed by atoms with Crippen molar-refractivity contribution in [3.8, 4) is 0 Å². The molecule has 0 radical (unpaired) electrons. The number of halogens is 2. The number of nitrogens with two attached hydrogens (primary N) is 1. The molecule has 1 aliphatic rings. The Hall–Kier alpha value is -1.38. The van der Waals surface area contributed by atoms with Crippen LogP contribution in [0.5, 0.6) is 0 Å². The molecule has 4 N–H and O–H groups in total. The van der Waals surface area contributed by atoms with Gasteiger partial charge in [0.15, 0.2) is 0 Å².